The molecule has 3 amide bonds. The molecule has 0 aliphatic rings. The monoisotopic (exact) mass is 667 g/mol. The van der Waals surface area contributed by atoms with Crippen molar-refractivity contribution >= 4 is 33.4 Å². The summed E-state index contributed by atoms with van der Waals surface area (Å²) in [5.74, 6) is -2.92. The lowest BCUT2D eigenvalue weighted by Crippen LogP contribution is -2.60. The summed E-state index contributed by atoms with van der Waals surface area (Å²) in [6.45, 7) is 14.7. The first-order valence-corrected chi connectivity index (χ1v) is 17.1. The smallest absolute Gasteiger partial charge is 0.249 e. The minimum atomic E-state index is -3.95. The Hall–Kier alpha value is -4.19. The molecule has 256 valence electrons. The Balaban J connectivity index is 2.31. The summed E-state index contributed by atoms with van der Waals surface area (Å²) in [5.41, 5.74) is 9.63. The fourth-order valence-electron chi connectivity index (χ4n) is 5.29. The lowest BCUT2D eigenvalue weighted by atomic mass is 9.76. The number of hydrogen-bond donors (Lipinski definition) is 3. The average Bonchev–Trinajstić information content (AvgIpc) is 2.97. The van der Waals surface area contributed by atoms with Crippen molar-refractivity contribution in [3.05, 3.63) is 87.9 Å². The first-order chi connectivity index (χ1) is 21.7. The molecule has 2 aromatic carbocycles. The van der Waals surface area contributed by atoms with Gasteiger partial charge in [-0.05, 0) is 42.0 Å². The maximum atomic E-state index is 14.1. The van der Waals surface area contributed by atoms with E-state index < -0.39 is 44.8 Å². The molecule has 0 saturated heterocycles. The Bertz CT molecular complexity index is 1590. The summed E-state index contributed by atoms with van der Waals surface area (Å²) in [6.07, 6.45) is 1.58. The van der Waals surface area contributed by atoms with Crippen LogP contribution in [0.15, 0.2) is 71.5 Å². The number of amides is 3. The minimum absolute atomic E-state index is 0.214. The molecule has 0 aliphatic heterocycles. The maximum Gasteiger partial charge on any atom is 0.249 e. The summed E-state index contributed by atoms with van der Waals surface area (Å²) in [6, 6.07) is 13.8. The predicted octanol–water partition coefficient (Wildman–Crippen LogP) is 5.31. The van der Waals surface area contributed by atoms with Crippen molar-refractivity contribution in [2.75, 3.05) is 14.1 Å². The molecule has 3 N–H and O–H groups in total. The van der Waals surface area contributed by atoms with Crippen LogP contribution in [-0.2, 0) is 35.6 Å². The van der Waals surface area contributed by atoms with Crippen LogP contribution in [0.4, 0.5) is 5.69 Å². The molecule has 0 spiro atoms. The number of rotatable bonds is 14. The van der Waals surface area contributed by atoms with Gasteiger partial charge in [0.25, 0.3) is 0 Å². The second-order valence-electron chi connectivity index (χ2n) is 13.6. The topological polar surface area (TPSA) is 173 Å². The molecule has 13 heteroatoms. The van der Waals surface area contributed by atoms with Gasteiger partial charge in [-0.2, -0.15) is 0 Å². The van der Waals surface area contributed by atoms with Crippen molar-refractivity contribution in [3.8, 4) is 0 Å². The van der Waals surface area contributed by atoms with E-state index in [9.17, 15) is 22.8 Å². The Morgan fingerprint density at radius 1 is 0.936 bits per heavy atom. The van der Waals surface area contributed by atoms with Crippen LogP contribution < -0.4 is 15.4 Å². The van der Waals surface area contributed by atoms with Gasteiger partial charge in [-0.3, -0.25) is 19.1 Å². The number of hydrogen-bond acceptors (Lipinski definition) is 7. The molecule has 3 atom stereocenters. The third-order valence-corrected chi connectivity index (χ3v) is 9.27. The second kappa shape index (κ2) is 16.1. The summed E-state index contributed by atoms with van der Waals surface area (Å²) in [7, 11) is -0.690. The summed E-state index contributed by atoms with van der Waals surface area (Å²) in [5, 5.41) is 9.68. The first kappa shape index (κ1) is 39.0. The Morgan fingerprint density at radius 3 is 2.00 bits per heavy atom. The number of allylic oxidation sites excluding steroid dienone is 1. The molecule has 0 heterocycles. The van der Waals surface area contributed by atoms with E-state index in [1.807, 2.05) is 48.5 Å². The Morgan fingerprint density at radius 2 is 1.51 bits per heavy atom. The van der Waals surface area contributed by atoms with E-state index in [2.05, 4.69) is 25.4 Å². The molecular weight excluding hydrogens is 618 g/mol. The van der Waals surface area contributed by atoms with Crippen molar-refractivity contribution in [2.45, 2.75) is 78.6 Å². The second-order valence-corrected chi connectivity index (χ2v) is 15.4. The molecule has 2 aromatic rings. The summed E-state index contributed by atoms with van der Waals surface area (Å²) in [4.78, 5) is 45.2. The van der Waals surface area contributed by atoms with Crippen molar-refractivity contribution in [2.24, 2.45) is 22.4 Å². The Kier molecular flexibility index (Phi) is 13.3. The normalized spacial score (nSPS) is 14.4. The molecule has 12 nitrogen and oxygen atoms in total. The van der Waals surface area contributed by atoms with E-state index in [4.69, 9.17) is 5.53 Å². The van der Waals surface area contributed by atoms with Gasteiger partial charge in [0, 0.05) is 28.8 Å². The maximum absolute atomic E-state index is 14.1. The van der Waals surface area contributed by atoms with E-state index in [1.165, 1.54) is 4.90 Å². The fraction of sp³-hybridized carbons (Fsp3) is 0.500. The number of carbonyl (C=O) groups is 3. The van der Waals surface area contributed by atoms with Gasteiger partial charge in [-0.15, -0.1) is 0 Å². The lowest BCUT2D eigenvalue weighted by molar-refractivity contribution is -0.138. The van der Waals surface area contributed by atoms with Gasteiger partial charge in [0.1, 0.15) is 6.04 Å². The van der Waals surface area contributed by atoms with Gasteiger partial charge in [-0.1, -0.05) is 114 Å². The third kappa shape index (κ3) is 10.7. The van der Waals surface area contributed by atoms with Crippen LogP contribution in [0.3, 0.4) is 0 Å². The number of carbonyl (C=O) groups excluding carboxylic acids is 3. The first-order valence-electron chi connectivity index (χ1n) is 15.5. The Labute approximate surface area is 279 Å². The largest absolute Gasteiger partial charge is 0.342 e. The molecule has 1 unspecified atom stereocenters. The highest BCUT2D eigenvalue weighted by molar-refractivity contribution is 7.89. The highest BCUT2D eigenvalue weighted by Crippen LogP contribution is 2.31. The van der Waals surface area contributed by atoms with E-state index >= 15 is 0 Å². The highest BCUT2D eigenvalue weighted by Gasteiger charge is 2.41. The zero-order valence-electron chi connectivity index (χ0n) is 29.0. The van der Waals surface area contributed by atoms with Gasteiger partial charge in [0.05, 0.1) is 17.7 Å². The summed E-state index contributed by atoms with van der Waals surface area (Å²) >= 11 is 0. The quantitative estimate of drug-likeness (QED) is 0.140. The van der Waals surface area contributed by atoms with Crippen LogP contribution in [0.5, 0.6) is 0 Å². The molecule has 0 aliphatic carbocycles. The van der Waals surface area contributed by atoms with Crippen LogP contribution in [0, 0.1) is 17.3 Å². The van der Waals surface area contributed by atoms with Gasteiger partial charge in [0.15, 0.2) is 0 Å². The lowest BCUT2D eigenvalue weighted by Gasteiger charge is -2.39. The molecule has 0 bridgehead atoms. The number of azide groups is 1. The van der Waals surface area contributed by atoms with Crippen LogP contribution in [0.1, 0.15) is 66.5 Å². The molecule has 2 rings (SSSR count). The number of likely N-dealkylation sites (N-methyl/N-ethyl adjacent to an activating group) is 2. The molecule has 0 radical (unpaired) electrons. The SMILES string of the molecule is CN[C@H](C(=O)N[C@H](C(=O)N(C)/C(=C/C(C)C(=O)NS(=O)(=O)Cc1ccccc1)C(C)C)C(C)(C)C)C(C)(C)c1ccc(N=[N+]=[N-])cc1. The molecule has 0 fully saturated rings. The van der Waals surface area contributed by atoms with Gasteiger partial charge in [0.2, 0.25) is 27.7 Å². The van der Waals surface area contributed by atoms with Crippen molar-refractivity contribution < 1.29 is 22.8 Å². The number of nitrogens with one attached hydrogen (secondary N) is 3. The summed E-state index contributed by atoms with van der Waals surface area (Å²) < 4.78 is 27.5. The van der Waals surface area contributed by atoms with Crippen LogP contribution in [-0.4, -0.2) is 57.2 Å². The van der Waals surface area contributed by atoms with E-state index in [-0.39, 0.29) is 23.5 Å². The van der Waals surface area contributed by atoms with E-state index in [0.717, 1.165) is 5.56 Å². The number of benzene rings is 2. The van der Waals surface area contributed by atoms with E-state index in [1.54, 1.807) is 81.7 Å². The molecular formula is C34H49N7O5S. The van der Waals surface area contributed by atoms with Crippen LogP contribution >= 0.6 is 0 Å². The van der Waals surface area contributed by atoms with Crippen molar-refractivity contribution in [3.63, 3.8) is 0 Å². The molecule has 47 heavy (non-hydrogen) atoms. The van der Waals surface area contributed by atoms with Gasteiger partial charge >= 0.3 is 0 Å². The molecule has 0 aromatic heterocycles. The highest BCUT2D eigenvalue weighted by atomic mass is 32.2. The van der Waals surface area contributed by atoms with Gasteiger partial charge in [-0.25, -0.2) is 8.42 Å². The fourth-order valence-corrected chi connectivity index (χ4v) is 6.49. The van der Waals surface area contributed by atoms with Crippen molar-refractivity contribution in [1.82, 2.24) is 20.3 Å². The van der Waals surface area contributed by atoms with Crippen molar-refractivity contribution in [1.29, 1.82) is 0 Å². The zero-order chi connectivity index (χ0) is 35.7. The van der Waals surface area contributed by atoms with E-state index in [0.29, 0.717) is 16.9 Å². The standard InChI is InChI=1S/C34H49N7O5S/c1-22(2)27(20-23(3)30(42)39-47(45,46)21-24-14-12-11-13-15-24)41(10)32(44)29(33(4,5)6)37-31(43)28(36-9)34(7,8)25-16-18-26(19-17-25)38-40-35/h11-20,22-23,28-29,36H,21H2,1-10H3,(H,37,43)(H,39,42)/b27-20+/t23?,28-,29-/m1/s1. The van der Waals surface area contributed by atoms with Crippen LogP contribution in [0.2, 0.25) is 0 Å². The minimum Gasteiger partial charge on any atom is -0.342 e. The average molecular weight is 668 g/mol. The number of nitrogens with zero attached hydrogens (tertiary/aromatic N) is 4. The van der Waals surface area contributed by atoms with Crippen LogP contribution in [0.25, 0.3) is 10.4 Å². The zero-order valence-corrected chi connectivity index (χ0v) is 29.8. The van der Waals surface area contributed by atoms with Gasteiger partial charge < -0.3 is 15.5 Å². The number of sulfonamides is 1. The predicted molar refractivity (Wildman–Crippen MR) is 185 cm³/mol. The third-order valence-electron chi connectivity index (χ3n) is 8.04. The molecule has 0 saturated carbocycles.